The molecule has 1 aromatic rings. The summed E-state index contributed by atoms with van der Waals surface area (Å²) in [5.41, 5.74) is 1.28. The first-order valence-corrected chi connectivity index (χ1v) is 7.61. The predicted octanol–water partition coefficient (Wildman–Crippen LogP) is 4.79. The highest BCUT2D eigenvalue weighted by Gasteiger charge is 2.18. The van der Waals surface area contributed by atoms with Crippen molar-refractivity contribution in [2.45, 2.75) is 58.0 Å². The van der Waals surface area contributed by atoms with Gasteiger partial charge in [-0.05, 0) is 43.4 Å². The molecule has 1 nitrogen and oxygen atoms in total. The molecule has 1 saturated carbocycles. The van der Waals surface area contributed by atoms with E-state index < -0.39 is 0 Å². The highest BCUT2D eigenvalue weighted by atomic mass is 35.5. The van der Waals surface area contributed by atoms with E-state index in [0.29, 0.717) is 6.04 Å². The zero-order valence-electron chi connectivity index (χ0n) is 11.3. The van der Waals surface area contributed by atoms with Gasteiger partial charge in [0.2, 0.25) is 0 Å². The molecular weight excluding hydrogens is 242 g/mol. The fraction of sp³-hybridized carbons (Fsp3) is 0.625. The van der Waals surface area contributed by atoms with Crippen LogP contribution in [-0.4, -0.2) is 6.04 Å². The molecule has 0 saturated heterocycles. The van der Waals surface area contributed by atoms with E-state index in [4.69, 9.17) is 11.6 Å². The minimum Gasteiger partial charge on any atom is -0.310 e. The summed E-state index contributed by atoms with van der Waals surface area (Å²) in [7, 11) is 0. The van der Waals surface area contributed by atoms with Crippen LogP contribution < -0.4 is 5.32 Å². The van der Waals surface area contributed by atoms with Gasteiger partial charge >= 0.3 is 0 Å². The molecule has 2 heteroatoms. The van der Waals surface area contributed by atoms with Crippen LogP contribution in [0.5, 0.6) is 0 Å². The maximum Gasteiger partial charge on any atom is 0.0409 e. The first-order chi connectivity index (χ1) is 8.75. The fourth-order valence-corrected chi connectivity index (χ4v) is 3.12. The van der Waals surface area contributed by atoms with Gasteiger partial charge in [-0.15, -0.1) is 0 Å². The van der Waals surface area contributed by atoms with E-state index in [9.17, 15) is 0 Å². The van der Waals surface area contributed by atoms with Crippen molar-refractivity contribution in [1.29, 1.82) is 0 Å². The topological polar surface area (TPSA) is 12.0 Å². The van der Waals surface area contributed by atoms with E-state index in [1.165, 1.54) is 44.1 Å². The van der Waals surface area contributed by atoms with Crippen LogP contribution in [0.2, 0.25) is 5.02 Å². The zero-order chi connectivity index (χ0) is 12.8. The van der Waals surface area contributed by atoms with Gasteiger partial charge in [-0.3, -0.25) is 0 Å². The van der Waals surface area contributed by atoms with E-state index >= 15 is 0 Å². The Bertz CT molecular complexity index is 356. The third-order valence-corrected chi connectivity index (χ3v) is 4.36. The van der Waals surface area contributed by atoms with Crippen molar-refractivity contribution in [2.75, 3.05) is 0 Å². The number of hydrogen-bond acceptors (Lipinski definition) is 1. The molecule has 1 N–H and O–H groups in total. The van der Waals surface area contributed by atoms with Gasteiger partial charge in [-0.2, -0.15) is 0 Å². The molecule has 1 aliphatic carbocycles. The Hall–Kier alpha value is -0.530. The number of benzene rings is 1. The Morgan fingerprint density at radius 3 is 2.61 bits per heavy atom. The minimum absolute atomic E-state index is 0.613. The summed E-state index contributed by atoms with van der Waals surface area (Å²) in [6, 6.07) is 8.75. The molecule has 18 heavy (non-hydrogen) atoms. The average molecular weight is 266 g/mol. The highest BCUT2D eigenvalue weighted by Crippen LogP contribution is 2.25. The lowest BCUT2D eigenvalue weighted by atomic mass is 9.93. The van der Waals surface area contributed by atoms with Gasteiger partial charge in [0.1, 0.15) is 0 Å². The molecule has 1 aliphatic rings. The van der Waals surface area contributed by atoms with Crippen molar-refractivity contribution in [3.05, 3.63) is 34.9 Å². The summed E-state index contributed by atoms with van der Waals surface area (Å²) >= 11 is 6.00. The Balaban J connectivity index is 1.81. The standard InChI is InChI=1S/C16H24ClN/c1-13(15-8-4-2-3-5-9-15)18-12-14-7-6-10-16(17)11-14/h6-7,10-11,13,15,18H,2-5,8-9,12H2,1H3/t13-/m1/s1. The Kier molecular flexibility index (Phi) is 5.52. The van der Waals surface area contributed by atoms with Crippen molar-refractivity contribution in [2.24, 2.45) is 5.92 Å². The molecule has 0 unspecified atom stereocenters. The largest absolute Gasteiger partial charge is 0.310 e. The molecule has 0 heterocycles. The summed E-state index contributed by atoms with van der Waals surface area (Å²) in [4.78, 5) is 0. The van der Waals surface area contributed by atoms with Crippen LogP contribution in [-0.2, 0) is 6.54 Å². The Morgan fingerprint density at radius 2 is 1.94 bits per heavy atom. The maximum absolute atomic E-state index is 6.00. The van der Waals surface area contributed by atoms with Crippen LogP contribution in [0.25, 0.3) is 0 Å². The van der Waals surface area contributed by atoms with Crippen molar-refractivity contribution in [3.63, 3.8) is 0 Å². The Morgan fingerprint density at radius 1 is 1.22 bits per heavy atom. The summed E-state index contributed by atoms with van der Waals surface area (Å²) < 4.78 is 0. The van der Waals surface area contributed by atoms with Gasteiger partial charge < -0.3 is 5.32 Å². The summed E-state index contributed by atoms with van der Waals surface area (Å²) in [5, 5.41) is 4.49. The molecule has 1 atom stereocenters. The molecular formula is C16H24ClN. The lowest BCUT2D eigenvalue weighted by Gasteiger charge is -2.23. The first-order valence-electron chi connectivity index (χ1n) is 7.23. The molecule has 0 amide bonds. The van der Waals surface area contributed by atoms with E-state index in [1.807, 2.05) is 18.2 Å². The first kappa shape index (κ1) is 13.9. The van der Waals surface area contributed by atoms with Crippen molar-refractivity contribution in [1.82, 2.24) is 5.32 Å². The average Bonchev–Trinajstić information content (AvgIpc) is 2.65. The van der Waals surface area contributed by atoms with E-state index in [-0.39, 0.29) is 0 Å². The van der Waals surface area contributed by atoms with Crippen LogP contribution in [0.1, 0.15) is 51.0 Å². The molecule has 0 aromatic heterocycles. The smallest absolute Gasteiger partial charge is 0.0409 e. The van der Waals surface area contributed by atoms with Crippen LogP contribution >= 0.6 is 11.6 Å². The molecule has 2 rings (SSSR count). The normalized spacial score (nSPS) is 19.4. The number of hydrogen-bond donors (Lipinski definition) is 1. The molecule has 0 aliphatic heterocycles. The monoisotopic (exact) mass is 265 g/mol. The molecule has 0 spiro atoms. The zero-order valence-corrected chi connectivity index (χ0v) is 12.0. The van der Waals surface area contributed by atoms with Crippen molar-refractivity contribution >= 4 is 11.6 Å². The van der Waals surface area contributed by atoms with E-state index in [0.717, 1.165) is 17.5 Å². The van der Waals surface area contributed by atoms with Crippen molar-refractivity contribution in [3.8, 4) is 0 Å². The van der Waals surface area contributed by atoms with Gasteiger partial charge in [0.25, 0.3) is 0 Å². The van der Waals surface area contributed by atoms with Gasteiger partial charge in [0, 0.05) is 17.6 Å². The summed E-state index contributed by atoms with van der Waals surface area (Å²) in [6.07, 6.45) is 8.46. The van der Waals surface area contributed by atoms with Gasteiger partial charge in [-0.1, -0.05) is 49.4 Å². The van der Waals surface area contributed by atoms with Gasteiger partial charge in [-0.25, -0.2) is 0 Å². The minimum atomic E-state index is 0.613. The van der Waals surface area contributed by atoms with Crippen molar-refractivity contribution < 1.29 is 0 Å². The van der Waals surface area contributed by atoms with Crippen LogP contribution in [0.4, 0.5) is 0 Å². The molecule has 100 valence electrons. The quantitative estimate of drug-likeness (QED) is 0.772. The van der Waals surface area contributed by atoms with Gasteiger partial charge in [0.15, 0.2) is 0 Å². The molecule has 1 aromatic carbocycles. The van der Waals surface area contributed by atoms with Crippen LogP contribution in [0.15, 0.2) is 24.3 Å². The molecule has 0 bridgehead atoms. The third kappa shape index (κ3) is 4.29. The summed E-state index contributed by atoms with van der Waals surface area (Å²) in [5.74, 6) is 0.853. The van der Waals surface area contributed by atoms with Gasteiger partial charge in [0.05, 0.1) is 0 Å². The summed E-state index contributed by atoms with van der Waals surface area (Å²) in [6.45, 7) is 3.26. The fourth-order valence-electron chi connectivity index (χ4n) is 2.90. The third-order valence-electron chi connectivity index (χ3n) is 4.12. The second-order valence-corrected chi connectivity index (χ2v) is 5.99. The number of nitrogens with one attached hydrogen (secondary N) is 1. The van der Waals surface area contributed by atoms with E-state index in [2.05, 4.69) is 18.3 Å². The predicted molar refractivity (Wildman–Crippen MR) is 78.9 cm³/mol. The molecule has 1 fully saturated rings. The van der Waals surface area contributed by atoms with Crippen LogP contribution in [0, 0.1) is 5.92 Å². The van der Waals surface area contributed by atoms with E-state index in [1.54, 1.807) is 0 Å². The second-order valence-electron chi connectivity index (χ2n) is 5.55. The lowest BCUT2D eigenvalue weighted by Crippen LogP contribution is -2.32. The number of rotatable bonds is 4. The molecule has 0 radical (unpaired) electrons. The SMILES string of the molecule is C[C@@H](NCc1cccc(Cl)c1)C1CCCCCC1. The lowest BCUT2D eigenvalue weighted by molar-refractivity contribution is 0.336. The number of halogens is 1. The maximum atomic E-state index is 6.00. The second kappa shape index (κ2) is 7.16. The Labute approximate surface area is 116 Å². The highest BCUT2D eigenvalue weighted by molar-refractivity contribution is 6.30. The van der Waals surface area contributed by atoms with Crippen LogP contribution in [0.3, 0.4) is 0 Å².